The van der Waals surface area contributed by atoms with Crippen molar-refractivity contribution >= 4 is 0 Å². The van der Waals surface area contributed by atoms with E-state index in [1.165, 1.54) is 26.1 Å². The smallest absolute Gasteiger partial charge is 0.00193 e. The predicted molar refractivity (Wildman–Crippen MR) is 62.5 cm³/mol. The van der Waals surface area contributed by atoms with Crippen molar-refractivity contribution < 1.29 is 0 Å². The fourth-order valence-electron chi connectivity index (χ4n) is 2.43. The molecule has 1 aliphatic heterocycles. The number of nitrogens with one attached hydrogen (secondary N) is 1. The maximum absolute atomic E-state index is 3.25. The Labute approximate surface area is 89.1 Å². The van der Waals surface area contributed by atoms with Crippen LogP contribution in [0.4, 0.5) is 0 Å². The van der Waals surface area contributed by atoms with Crippen LogP contribution in [0.1, 0.15) is 27.2 Å². The van der Waals surface area contributed by atoms with E-state index in [1.54, 1.807) is 0 Å². The van der Waals surface area contributed by atoms with Crippen LogP contribution in [0.15, 0.2) is 0 Å². The van der Waals surface area contributed by atoms with Gasteiger partial charge >= 0.3 is 0 Å². The van der Waals surface area contributed by atoms with E-state index in [1.807, 2.05) is 7.05 Å². The largest absolute Gasteiger partial charge is 0.319 e. The standard InChI is InChI=1S/C12H26N2/c1-10(2)12-5-6-14(9-12)8-11(3)7-13-4/h10-13H,5-9H2,1-4H3. The topological polar surface area (TPSA) is 15.3 Å². The van der Waals surface area contributed by atoms with Crippen LogP contribution in [0.5, 0.6) is 0 Å². The van der Waals surface area contributed by atoms with Crippen LogP contribution in [0.2, 0.25) is 0 Å². The van der Waals surface area contributed by atoms with E-state index < -0.39 is 0 Å². The maximum atomic E-state index is 3.25. The molecule has 2 nitrogen and oxygen atoms in total. The van der Waals surface area contributed by atoms with Gasteiger partial charge in [0, 0.05) is 13.1 Å². The molecular formula is C12H26N2. The second-order valence-electron chi connectivity index (χ2n) is 5.22. The van der Waals surface area contributed by atoms with Crippen molar-refractivity contribution in [2.75, 3.05) is 33.2 Å². The minimum absolute atomic E-state index is 0.783. The second-order valence-corrected chi connectivity index (χ2v) is 5.22. The Morgan fingerprint density at radius 2 is 2.07 bits per heavy atom. The van der Waals surface area contributed by atoms with Gasteiger partial charge in [0.15, 0.2) is 0 Å². The minimum atomic E-state index is 0.783. The second kappa shape index (κ2) is 5.72. The van der Waals surface area contributed by atoms with Gasteiger partial charge in [-0.15, -0.1) is 0 Å². The number of likely N-dealkylation sites (tertiary alicyclic amines) is 1. The van der Waals surface area contributed by atoms with Gasteiger partial charge < -0.3 is 10.2 Å². The Morgan fingerprint density at radius 1 is 1.36 bits per heavy atom. The molecule has 0 amide bonds. The number of rotatable bonds is 5. The molecule has 0 radical (unpaired) electrons. The fourth-order valence-corrected chi connectivity index (χ4v) is 2.43. The van der Waals surface area contributed by atoms with Crippen LogP contribution in [-0.4, -0.2) is 38.1 Å². The monoisotopic (exact) mass is 198 g/mol. The lowest BCUT2D eigenvalue weighted by Gasteiger charge is -2.21. The Morgan fingerprint density at radius 3 is 2.57 bits per heavy atom. The van der Waals surface area contributed by atoms with E-state index in [2.05, 4.69) is 31.0 Å². The molecule has 2 atom stereocenters. The molecule has 1 fully saturated rings. The van der Waals surface area contributed by atoms with Crippen molar-refractivity contribution in [2.45, 2.75) is 27.2 Å². The molecule has 0 bridgehead atoms. The molecule has 0 aromatic carbocycles. The van der Waals surface area contributed by atoms with Crippen LogP contribution < -0.4 is 5.32 Å². The summed E-state index contributed by atoms with van der Waals surface area (Å²) >= 11 is 0. The first-order valence-electron chi connectivity index (χ1n) is 6.00. The van der Waals surface area contributed by atoms with E-state index >= 15 is 0 Å². The predicted octanol–water partition coefficient (Wildman–Crippen LogP) is 1.82. The van der Waals surface area contributed by atoms with Gasteiger partial charge in [-0.2, -0.15) is 0 Å². The van der Waals surface area contributed by atoms with Gasteiger partial charge in [-0.25, -0.2) is 0 Å². The molecule has 1 saturated heterocycles. The third-order valence-corrected chi connectivity index (χ3v) is 3.37. The third-order valence-electron chi connectivity index (χ3n) is 3.37. The summed E-state index contributed by atoms with van der Waals surface area (Å²) in [5.41, 5.74) is 0. The van der Waals surface area contributed by atoms with Crippen molar-refractivity contribution in [3.8, 4) is 0 Å². The molecule has 0 spiro atoms. The zero-order valence-electron chi connectivity index (χ0n) is 10.2. The Balaban J connectivity index is 2.21. The highest BCUT2D eigenvalue weighted by Gasteiger charge is 2.25. The van der Waals surface area contributed by atoms with Gasteiger partial charge in [-0.3, -0.25) is 0 Å². The molecule has 2 heteroatoms. The highest BCUT2D eigenvalue weighted by Crippen LogP contribution is 2.23. The summed E-state index contributed by atoms with van der Waals surface area (Å²) in [7, 11) is 2.04. The van der Waals surface area contributed by atoms with E-state index in [0.717, 1.165) is 24.3 Å². The van der Waals surface area contributed by atoms with Crippen LogP contribution in [0.25, 0.3) is 0 Å². The molecule has 0 aromatic rings. The zero-order chi connectivity index (χ0) is 10.6. The minimum Gasteiger partial charge on any atom is -0.319 e. The van der Waals surface area contributed by atoms with Gasteiger partial charge in [0.25, 0.3) is 0 Å². The van der Waals surface area contributed by atoms with E-state index in [0.29, 0.717) is 0 Å². The first kappa shape index (κ1) is 12.0. The first-order chi connectivity index (χ1) is 6.63. The molecule has 1 rings (SSSR count). The summed E-state index contributed by atoms with van der Waals surface area (Å²) in [6, 6.07) is 0. The van der Waals surface area contributed by atoms with Crippen molar-refractivity contribution in [3.63, 3.8) is 0 Å². The lowest BCUT2D eigenvalue weighted by atomic mass is 9.95. The third kappa shape index (κ3) is 3.58. The molecule has 2 unspecified atom stereocenters. The average Bonchev–Trinajstić information content (AvgIpc) is 2.53. The van der Waals surface area contributed by atoms with Gasteiger partial charge in [-0.1, -0.05) is 20.8 Å². The molecule has 1 N–H and O–H groups in total. The summed E-state index contributed by atoms with van der Waals surface area (Å²) in [6.45, 7) is 12.1. The summed E-state index contributed by atoms with van der Waals surface area (Å²) < 4.78 is 0. The van der Waals surface area contributed by atoms with E-state index in [4.69, 9.17) is 0 Å². The van der Waals surface area contributed by atoms with Crippen molar-refractivity contribution in [1.82, 2.24) is 10.2 Å². The highest BCUT2D eigenvalue weighted by atomic mass is 15.1. The van der Waals surface area contributed by atoms with Crippen molar-refractivity contribution in [2.24, 2.45) is 17.8 Å². The molecule has 1 aliphatic rings. The molecule has 0 aromatic heterocycles. The Hall–Kier alpha value is -0.0800. The summed E-state index contributed by atoms with van der Waals surface area (Å²) in [6.07, 6.45) is 1.41. The van der Waals surface area contributed by atoms with Gasteiger partial charge in [0.1, 0.15) is 0 Å². The summed E-state index contributed by atoms with van der Waals surface area (Å²) in [4.78, 5) is 2.63. The zero-order valence-corrected chi connectivity index (χ0v) is 10.2. The van der Waals surface area contributed by atoms with Gasteiger partial charge in [-0.05, 0) is 44.3 Å². The lowest BCUT2D eigenvalue weighted by Crippen LogP contribution is -2.31. The van der Waals surface area contributed by atoms with Crippen molar-refractivity contribution in [3.05, 3.63) is 0 Å². The van der Waals surface area contributed by atoms with Gasteiger partial charge in [0.05, 0.1) is 0 Å². The number of nitrogens with zero attached hydrogens (tertiary/aromatic N) is 1. The fraction of sp³-hybridized carbons (Fsp3) is 1.00. The molecule has 1 heterocycles. The Kier molecular flexibility index (Phi) is 4.90. The molecule has 0 saturated carbocycles. The van der Waals surface area contributed by atoms with Crippen LogP contribution in [0.3, 0.4) is 0 Å². The number of hydrogen-bond acceptors (Lipinski definition) is 2. The van der Waals surface area contributed by atoms with Crippen LogP contribution >= 0.6 is 0 Å². The molecule has 14 heavy (non-hydrogen) atoms. The normalized spacial score (nSPS) is 25.9. The number of hydrogen-bond donors (Lipinski definition) is 1. The maximum Gasteiger partial charge on any atom is 0.00193 e. The SMILES string of the molecule is CNCC(C)CN1CCC(C(C)C)C1. The van der Waals surface area contributed by atoms with E-state index in [-0.39, 0.29) is 0 Å². The van der Waals surface area contributed by atoms with Crippen LogP contribution in [0, 0.1) is 17.8 Å². The average molecular weight is 198 g/mol. The summed E-state index contributed by atoms with van der Waals surface area (Å²) in [5.74, 6) is 2.59. The summed E-state index contributed by atoms with van der Waals surface area (Å²) in [5, 5.41) is 3.25. The molecule has 84 valence electrons. The highest BCUT2D eigenvalue weighted by molar-refractivity contribution is 4.78. The Bertz CT molecular complexity index is 156. The van der Waals surface area contributed by atoms with Crippen molar-refractivity contribution in [1.29, 1.82) is 0 Å². The van der Waals surface area contributed by atoms with Gasteiger partial charge in [0.2, 0.25) is 0 Å². The first-order valence-corrected chi connectivity index (χ1v) is 6.00. The molecule has 0 aliphatic carbocycles. The lowest BCUT2D eigenvalue weighted by molar-refractivity contribution is 0.264. The van der Waals surface area contributed by atoms with E-state index in [9.17, 15) is 0 Å². The van der Waals surface area contributed by atoms with Crippen LogP contribution in [-0.2, 0) is 0 Å². The quantitative estimate of drug-likeness (QED) is 0.725. The molecular weight excluding hydrogens is 172 g/mol.